The summed E-state index contributed by atoms with van der Waals surface area (Å²) in [6.45, 7) is 12.7. The van der Waals surface area contributed by atoms with Gasteiger partial charge in [0, 0.05) is 87.1 Å². The molecule has 0 unspecified atom stereocenters. The highest BCUT2D eigenvalue weighted by molar-refractivity contribution is 6.35. The van der Waals surface area contributed by atoms with Crippen molar-refractivity contribution in [2.75, 3.05) is 36.1 Å². The van der Waals surface area contributed by atoms with Crippen molar-refractivity contribution in [3.05, 3.63) is 305 Å². The van der Waals surface area contributed by atoms with E-state index in [0.29, 0.717) is 75.5 Å². The van der Waals surface area contributed by atoms with E-state index >= 15 is 0 Å². The molecule has 22 nitrogen and oxygen atoms in total. The van der Waals surface area contributed by atoms with E-state index in [2.05, 4.69) is 37.0 Å². The highest BCUT2D eigenvalue weighted by Gasteiger charge is 2.33. The lowest BCUT2D eigenvalue weighted by molar-refractivity contribution is -0.114. The number of anilines is 3. The summed E-state index contributed by atoms with van der Waals surface area (Å²) in [7, 11) is 1.60. The number of para-hydroxylation sites is 2. The van der Waals surface area contributed by atoms with Gasteiger partial charge in [0.1, 0.15) is 39.9 Å². The number of phenols is 2. The number of ether oxygens (including phenoxy) is 1. The second-order valence-corrected chi connectivity index (χ2v) is 26.0. The highest BCUT2D eigenvalue weighted by Crippen LogP contribution is 2.39. The number of imidazole rings is 1. The number of aryl methyl sites for hydroxylation is 3. The van der Waals surface area contributed by atoms with Crippen LogP contribution in [0.1, 0.15) is 94.3 Å². The Hall–Kier alpha value is -13.2. The normalized spacial score (nSPS) is 12.8. The van der Waals surface area contributed by atoms with Crippen LogP contribution in [0.5, 0.6) is 17.2 Å². The molecule has 0 bridgehead atoms. The van der Waals surface area contributed by atoms with Crippen molar-refractivity contribution in [2.45, 2.75) is 60.5 Å². The predicted molar refractivity (Wildman–Crippen MR) is 419 cm³/mol. The van der Waals surface area contributed by atoms with Gasteiger partial charge in [0.2, 0.25) is 5.91 Å². The van der Waals surface area contributed by atoms with Crippen molar-refractivity contribution in [3.63, 3.8) is 0 Å². The number of hydrogen-bond acceptors (Lipinski definition) is 15. The van der Waals surface area contributed by atoms with Crippen molar-refractivity contribution >= 4 is 108 Å². The zero-order chi connectivity index (χ0) is 76.0. The van der Waals surface area contributed by atoms with E-state index in [1.54, 1.807) is 66.7 Å². The van der Waals surface area contributed by atoms with Gasteiger partial charge < -0.3 is 60.3 Å². The Kier molecular flexibility index (Phi) is 23.8. The van der Waals surface area contributed by atoms with Gasteiger partial charge >= 0.3 is 11.3 Å². The monoisotopic (exact) mass is 1450 g/mol. The lowest BCUT2D eigenvalue weighted by Gasteiger charge is -2.35. The molecule has 0 radical (unpaired) electrons. The molecule has 8 aromatic carbocycles. The first-order chi connectivity index (χ1) is 51.5. The standard InChI is InChI=1S/C30H33ClN4O2.C15H14N2O.C15H10O4.C13H11N3O2.C11H9NO3/c1-20(2)27(34(17-7-16-32)29(36)23-12-10-21(3)11-13-23)28-33-26-18-24(31)14-15-25(26)30(37)35(28)19-22-8-5-4-6-9-22;1-9-7-10(2)16-14(9)8-12-11-5-3-4-6-13(11)17-15(12)18;16-10-6-12(17)15-11(9-4-2-1-3-5-9)8-14(18)19-13(15)7-10;1-18-9-2-3-12-10(5-9)11(13(17)16-12)4-8-6-14-7-15-8;1-7(13)12-9-6-8-4-2-3-5-10(8)15-11(9)14/h4-6,8-15,18,20,27H,7,16-17,19,32H2,1-3H3;3-8,16H,1-2H3,(H,17,18);1-8,16-17H;2-7H,1H3,(H,14,15)(H,16,17);2-6H,1H3,(H,12,13)/b;12-8-;;11-4-;/t27-;;;;/m1..../s1. The van der Waals surface area contributed by atoms with E-state index in [9.17, 15) is 43.8 Å². The van der Waals surface area contributed by atoms with Crippen molar-refractivity contribution < 1.29 is 43.0 Å². The molecule has 15 rings (SSSR count). The molecule has 0 aliphatic carbocycles. The Bertz CT molecular complexity index is 5690. The molecule has 0 fully saturated rings. The molecule has 4 amide bonds. The molecule has 1 atom stereocenters. The van der Waals surface area contributed by atoms with Crippen LogP contribution in [0.4, 0.5) is 17.1 Å². The fourth-order valence-electron chi connectivity index (χ4n) is 12.4. The number of benzene rings is 8. The van der Waals surface area contributed by atoms with E-state index in [1.165, 1.54) is 25.1 Å². The summed E-state index contributed by atoms with van der Waals surface area (Å²) < 4.78 is 16.9. The molecule has 13 aromatic rings. The molecule has 2 aliphatic heterocycles. The van der Waals surface area contributed by atoms with Crippen molar-refractivity contribution in [1.29, 1.82) is 0 Å². The third kappa shape index (κ3) is 18.1. The van der Waals surface area contributed by atoms with Gasteiger partial charge in [0.15, 0.2) is 0 Å². The summed E-state index contributed by atoms with van der Waals surface area (Å²) in [6, 6.07) is 59.1. The maximum absolute atomic E-state index is 13.9. The minimum Gasteiger partial charge on any atom is -0.508 e. The maximum atomic E-state index is 13.9. The number of amides is 4. The van der Waals surface area contributed by atoms with E-state index in [4.69, 9.17) is 35.9 Å². The molecular weight excluding hydrogens is 1380 g/mol. The molecule has 9 N–H and O–H groups in total. The van der Waals surface area contributed by atoms with Crippen LogP contribution in [-0.4, -0.2) is 83.4 Å². The number of fused-ring (bicyclic) bond motifs is 5. The number of hydrogen-bond donors (Lipinski definition) is 8. The Balaban J connectivity index is 0.000000140. The second kappa shape index (κ2) is 34.0. The Morgan fingerprint density at radius 2 is 1.40 bits per heavy atom. The Labute approximate surface area is 619 Å². The largest absolute Gasteiger partial charge is 0.508 e. The first kappa shape index (κ1) is 75.0. The number of aromatic hydroxyl groups is 2. The summed E-state index contributed by atoms with van der Waals surface area (Å²) in [6.07, 6.45) is 7.56. The summed E-state index contributed by atoms with van der Waals surface area (Å²) in [5, 5.41) is 29.7. The average Bonchev–Trinajstić information content (AvgIpc) is 1.74. The molecular formula is C84H77ClN10O12. The SMILES string of the molecule is CC(=O)Nc1cc2ccccc2oc1=O.COc1ccc2c(c1)/C(=C/c1cnc[nH]1)C(=O)N2.Cc1cc(C)c(/C=C2\C(=O)Nc3ccccc32)[nH]1.Cc1ccc(C(=O)N(CCCN)[C@@H](c2nc3cc(Cl)ccc3c(=O)n2Cc2ccccc2)C(C)C)cc1.O=c1cc(-c2ccccc2)c2c(O)cc(O)cc2o1. The van der Waals surface area contributed by atoms with Crippen LogP contribution in [0.25, 0.3) is 67.3 Å². The number of H-pyrrole nitrogens is 2. The van der Waals surface area contributed by atoms with Crippen LogP contribution >= 0.6 is 11.6 Å². The summed E-state index contributed by atoms with van der Waals surface area (Å²) in [5.41, 5.74) is 18.9. The van der Waals surface area contributed by atoms with Crippen molar-refractivity contribution in [2.24, 2.45) is 11.7 Å². The maximum Gasteiger partial charge on any atom is 0.360 e. The van der Waals surface area contributed by atoms with Crippen LogP contribution in [-0.2, 0) is 20.9 Å². The fraction of sp³-hybridized carbons (Fsp3) is 0.155. The van der Waals surface area contributed by atoms with Crippen LogP contribution in [0.2, 0.25) is 5.02 Å². The number of aromatic nitrogens is 5. The molecule has 107 heavy (non-hydrogen) atoms. The van der Waals surface area contributed by atoms with E-state index in [1.807, 2.05) is 185 Å². The lowest BCUT2D eigenvalue weighted by Crippen LogP contribution is -2.42. The number of carbonyl (C=O) groups is 4. The first-order valence-corrected chi connectivity index (χ1v) is 34.6. The first-order valence-electron chi connectivity index (χ1n) is 34.2. The molecule has 7 heterocycles. The van der Waals surface area contributed by atoms with Crippen molar-refractivity contribution in [3.8, 4) is 28.4 Å². The molecule has 0 spiro atoms. The summed E-state index contributed by atoms with van der Waals surface area (Å²) in [5.74, 6) is 0.387. The van der Waals surface area contributed by atoms with E-state index in [0.717, 1.165) is 78.5 Å². The number of aromatic amines is 2. The number of nitrogens with zero attached hydrogens (tertiary/aromatic N) is 4. The van der Waals surface area contributed by atoms with E-state index < -0.39 is 17.3 Å². The molecule has 542 valence electrons. The third-order valence-electron chi connectivity index (χ3n) is 17.4. The smallest absolute Gasteiger partial charge is 0.360 e. The summed E-state index contributed by atoms with van der Waals surface area (Å²) >= 11 is 6.28. The van der Waals surface area contributed by atoms with Crippen LogP contribution in [0.15, 0.2) is 236 Å². The minimum absolute atomic E-state index is 0.0299. The molecule has 23 heteroatoms. The number of nitrogens with one attached hydrogen (secondary N) is 5. The summed E-state index contributed by atoms with van der Waals surface area (Å²) in [4.78, 5) is 102. The van der Waals surface area contributed by atoms with E-state index in [-0.39, 0.29) is 57.9 Å². The zero-order valence-electron chi connectivity index (χ0n) is 59.6. The molecule has 0 saturated carbocycles. The van der Waals surface area contributed by atoms with Crippen molar-refractivity contribution in [1.82, 2.24) is 29.4 Å². The van der Waals surface area contributed by atoms with Gasteiger partial charge in [-0.1, -0.05) is 140 Å². The molecule has 2 aliphatic rings. The minimum atomic E-state index is -0.538. The third-order valence-corrected chi connectivity index (χ3v) is 17.6. The lowest BCUT2D eigenvalue weighted by atomic mass is 9.98. The van der Waals surface area contributed by atoms with Crippen LogP contribution < -0.4 is 43.2 Å². The van der Waals surface area contributed by atoms with Gasteiger partial charge in [-0.25, -0.2) is 19.6 Å². The number of phenolic OH excluding ortho intramolecular Hbond substituents is 2. The predicted octanol–water partition coefficient (Wildman–Crippen LogP) is 15.3. The van der Waals surface area contributed by atoms with Crippen LogP contribution in [0, 0.1) is 26.7 Å². The number of rotatable bonds is 14. The van der Waals surface area contributed by atoms with Gasteiger partial charge in [-0.15, -0.1) is 0 Å². The van der Waals surface area contributed by atoms with Crippen LogP contribution in [0.3, 0.4) is 0 Å². The number of methoxy groups -OCH3 is 1. The zero-order valence-corrected chi connectivity index (χ0v) is 60.3. The van der Waals surface area contributed by atoms with Gasteiger partial charge in [0.25, 0.3) is 23.3 Å². The highest BCUT2D eigenvalue weighted by atomic mass is 35.5. The molecule has 0 saturated heterocycles. The quantitative estimate of drug-likeness (QED) is 0.0371. The average molecular weight is 1450 g/mol. The van der Waals surface area contributed by atoms with Gasteiger partial charge in [-0.05, 0) is 141 Å². The molecule has 5 aromatic heterocycles. The topological polar surface area (TPSA) is 323 Å². The number of carbonyl (C=O) groups excluding carboxylic acids is 4. The van der Waals surface area contributed by atoms with Gasteiger partial charge in [-0.3, -0.25) is 28.5 Å². The van der Waals surface area contributed by atoms with Gasteiger partial charge in [0.05, 0.1) is 65.3 Å². The Morgan fingerprint density at radius 1 is 0.720 bits per heavy atom. The number of halogens is 1. The fourth-order valence-corrected chi connectivity index (χ4v) is 12.5. The second-order valence-electron chi connectivity index (χ2n) is 25.6. The Morgan fingerprint density at radius 3 is 2.07 bits per heavy atom. The number of nitrogens with two attached hydrogens (primary N) is 1. The van der Waals surface area contributed by atoms with Gasteiger partial charge in [-0.2, -0.15) is 0 Å².